The number of rotatable bonds is 6. The minimum atomic E-state index is 0. The predicted molar refractivity (Wildman–Crippen MR) is 64.0 cm³/mol. The summed E-state index contributed by atoms with van der Waals surface area (Å²) in [5, 5.41) is 0. The van der Waals surface area contributed by atoms with E-state index in [0.717, 1.165) is 29.9 Å². The Morgan fingerprint density at radius 3 is 2.44 bits per heavy atom. The molecule has 0 spiro atoms. The van der Waals surface area contributed by atoms with Gasteiger partial charge in [0.05, 0.1) is 20.6 Å². The van der Waals surface area contributed by atoms with E-state index in [0.29, 0.717) is 0 Å². The van der Waals surface area contributed by atoms with Gasteiger partial charge in [0.1, 0.15) is 18.9 Å². The number of quaternary nitrogens is 1. The van der Waals surface area contributed by atoms with Crippen LogP contribution in [0.4, 0.5) is 0 Å². The van der Waals surface area contributed by atoms with Crippen LogP contribution in [0.2, 0.25) is 0 Å². The lowest BCUT2D eigenvalue weighted by atomic mass is 10.3. The van der Waals surface area contributed by atoms with Crippen LogP contribution in [0.5, 0.6) is 5.75 Å². The molecule has 1 aromatic carbocycles. The van der Waals surface area contributed by atoms with E-state index in [1.807, 2.05) is 36.4 Å². The molecule has 0 saturated carbocycles. The Balaban J connectivity index is 0.00000225. The molecule has 0 radical (unpaired) electrons. The lowest BCUT2D eigenvalue weighted by Gasteiger charge is -2.28. The number of nitrogens with zero attached hydrogens (tertiary/aromatic N) is 1. The lowest BCUT2D eigenvalue weighted by molar-refractivity contribution is -0.884. The topological polar surface area (TPSA) is 9.23 Å². The fraction of sp³-hybridized carbons (Fsp3) is 0.385. The fourth-order valence-electron chi connectivity index (χ4n) is 1.37. The van der Waals surface area contributed by atoms with Crippen molar-refractivity contribution in [2.75, 3.05) is 33.8 Å². The zero-order valence-electron chi connectivity index (χ0n) is 10.0. The molecule has 0 atom stereocenters. The van der Waals surface area contributed by atoms with Crippen molar-refractivity contribution in [2.24, 2.45) is 0 Å². The molecule has 0 unspecified atom stereocenters. The van der Waals surface area contributed by atoms with Crippen molar-refractivity contribution in [3.8, 4) is 5.75 Å². The molecule has 0 fully saturated rings. The average Bonchev–Trinajstić information content (AvgIpc) is 2.19. The Labute approximate surface area is 109 Å². The first kappa shape index (κ1) is 15.2. The fourth-order valence-corrected chi connectivity index (χ4v) is 1.37. The van der Waals surface area contributed by atoms with Crippen molar-refractivity contribution in [3.63, 3.8) is 0 Å². The molecule has 0 aliphatic rings. The molecule has 0 N–H and O–H groups in total. The second-order valence-electron chi connectivity index (χ2n) is 4.29. The highest BCUT2D eigenvalue weighted by Crippen LogP contribution is 2.08. The number of benzene rings is 1. The van der Waals surface area contributed by atoms with Gasteiger partial charge in [-0.3, -0.25) is 0 Å². The van der Waals surface area contributed by atoms with Gasteiger partial charge in [0.15, 0.2) is 0 Å². The van der Waals surface area contributed by atoms with Gasteiger partial charge >= 0.3 is 0 Å². The summed E-state index contributed by atoms with van der Waals surface area (Å²) in [5.74, 6) is 0.941. The van der Waals surface area contributed by atoms with E-state index in [9.17, 15) is 0 Å². The Morgan fingerprint density at radius 2 is 1.88 bits per heavy atom. The van der Waals surface area contributed by atoms with E-state index in [4.69, 9.17) is 4.74 Å². The highest BCUT2D eigenvalue weighted by molar-refractivity contribution is 5.20. The van der Waals surface area contributed by atoms with Gasteiger partial charge < -0.3 is 26.2 Å². The van der Waals surface area contributed by atoms with Crippen molar-refractivity contribution >= 4 is 0 Å². The molecule has 0 aliphatic heterocycles. The highest BCUT2D eigenvalue weighted by Gasteiger charge is 2.11. The lowest BCUT2D eigenvalue weighted by Crippen LogP contribution is -3.00. The molecule has 1 rings (SSSR count). The van der Waals surface area contributed by atoms with Crippen LogP contribution in [0, 0.1) is 0 Å². The summed E-state index contributed by atoms with van der Waals surface area (Å²) in [6.07, 6.45) is 1.95. The quantitative estimate of drug-likeness (QED) is 0.498. The van der Waals surface area contributed by atoms with Gasteiger partial charge in [-0.25, -0.2) is 0 Å². The smallest absolute Gasteiger partial charge is 0.137 e. The number of para-hydroxylation sites is 1. The molecule has 0 heterocycles. The third kappa shape index (κ3) is 5.93. The third-order valence-corrected chi connectivity index (χ3v) is 2.33. The van der Waals surface area contributed by atoms with E-state index in [-0.39, 0.29) is 17.0 Å². The van der Waals surface area contributed by atoms with Crippen LogP contribution in [-0.4, -0.2) is 38.3 Å². The SMILES string of the molecule is C=CC[N+](C)(C)CCOc1ccccc1.[Br-]. The summed E-state index contributed by atoms with van der Waals surface area (Å²) in [7, 11) is 4.35. The molecular weight excluding hydrogens is 266 g/mol. The number of hydrogen-bond donors (Lipinski definition) is 0. The van der Waals surface area contributed by atoms with Crippen LogP contribution in [0.1, 0.15) is 0 Å². The van der Waals surface area contributed by atoms with Crippen LogP contribution in [0.25, 0.3) is 0 Å². The van der Waals surface area contributed by atoms with Gasteiger partial charge in [-0.15, -0.1) is 0 Å². The van der Waals surface area contributed by atoms with E-state index in [2.05, 4.69) is 20.7 Å². The Kier molecular flexibility index (Phi) is 7.10. The molecule has 0 aliphatic carbocycles. The molecule has 16 heavy (non-hydrogen) atoms. The first-order chi connectivity index (χ1) is 7.14. The van der Waals surface area contributed by atoms with E-state index in [1.165, 1.54) is 0 Å². The van der Waals surface area contributed by atoms with Crippen LogP contribution < -0.4 is 21.7 Å². The van der Waals surface area contributed by atoms with E-state index in [1.54, 1.807) is 0 Å². The number of likely N-dealkylation sites (N-methyl/N-ethyl adjacent to an activating group) is 1. The summed E-state index contributed by atoms with van der Waals surface area (Å²) in [4.78, 5) is 0. The van der Waals surface area contributed by atoms with Crippen molar-refractivity contribution in [3.05, 3.63) is 43.0 Å². The first-order valence-corrected chi connectivity index (χ1v) is 5.25. The van der Waals surface area contributed by atoms with Gasteiger partial charge in [0, 0.05) is 0 Å². The second-order valence-corrected chi connectivity index (χ2v) is 4.29. The molecule has 1 aromatic rings. The summed E-state index contributed by atoms with van der Waals surface area (Å²) < 4.78 is 6.55. The van der Waals surface area contributed by atoms with Gasteiger partial charge in [0.2, 0.25) is 0 Å². The van der Waals surface area contributed by atoms with Crippen molar-refractivity contribution in [2.45, 2.75) is 0 Å². The molecule has 90 valence electrons. The number of hydrogen-bond acceptors (Lipinski definition) is 1. The maximum Gasteiger partial charge on any atom is 0.137 e. The van der Waals surface area contributed by atoms with Crippen molar-refractivity contribution in [1.29, 1.82) is 0 Å². The monoisotopic (exact) mass is 285 g/mol. The first-order valence-electron chi connectivity index (χ1n) is 5.25. The normalized spacial score (nSPS) is 10.4. The molecule has 0 saturated heterocycles. The van der Waals surface area contributed by atoms with Gasteiger partial charge in [-0.05, 0) is 18.2 Å². The minimum absolute atomic E-state index is 0. The Bertz CT molecular complexity index is 298. The summed E-state index contributed by atoms with van der Waals surface area (Å²) in [6.45, 7) is 6.45. The molecule has 0 bridgehead atoms. The van der Waals surface area contributed by atoms with Crippen LogP contribution >= 0.6 is 0 Å². The molecule has 0 aromatic heterocycles. The van der Waals surface area contributed by atoms with Crippen molar-refractivity contribution in [1.82, 2.24) is 0 Å². The summed E-state index contributed by atoms with van der Waals surface area (Å²) in [5.41, 5.74) is 0. The molecule has 2 nitrogen and oxygen atoms in total. The maximum atomic E-state index is 5.64. The average molecular weight is 286 g/mol. The summed E-state index contributed by atoms with van der Waals surface area (Å²) in [6, 6.07) is 9.92. The number of ether oxygens (including phenoxy) is 1. The van der Waals surface area contributed by atoms with E-state index >= 15 is 0 Å². The Hall–Kier alpha value is -0.800. The largest absolute Gasteiger partial charge is 1.00 e. The summed E-state index contributed by atoms with van der Waals surface area (Å²) >= 11 is 0. The predicted octanol–water partition coefficient (Wildman–Crippen LogP) is -0.668. The van der Waals surface area contributed by atoms with Gasteiger partial charge in [-0.2, -0.15) is 0 Å². The maximum absolute atomic E-state index is 5.64. The zero-order chi connectivity index (χ0) is 11.1. The minimum Gasteiger partial charge on any atom is -1.00 e. The molecule has 3 heteroatoms. The standard InChI is InChI=1S/C13H20NO.BrH/c1-4-10-14(2,3)11-12-15-13-8-6-5-7-9-13;/h4-9H,1,10-12H2,2-3H3;1H/q+1;/p-1. The van der Waals surface area contributed by atoms with Crippen LogP contribution in [0.3, 0.4) is 0 Å². The molecular formula is C13H20BrNO. The van der Waals surface area contributed by atoms with Crippen LogP contribution in [-0.2, 0) is 0 Å². The third-order valence-electron chi connectivity index (χ3n) is 2.33. The van der Waals surface area contributed by atoms with E-state index < -0.39 is 0 Å². The van der Waals surface area contributed by atoms with Gasteiger partial charge in [0.25, 0.3) is 0 Å². The highest BCUT2D eigenvalue weighted by atomic mass is 79.9. The van der Waals surface area contributed by atoms with Crippen molar-refractivity contribution < 1.29 is 26.2 Å². The Morgan fingerprint density at radius 1 is 1.25 bits per heavy atom. The molecule has 0 amide bonds. The second kappa shape index (κ2) is 7.47. The zero-order valence-corrected chi connectivity index (χ0v) is 11.6. The van der Waals surface area contributed by atoms with Gasteiger partial charge in [-0.1, -0.05) is 24.8 Å². The van der Waals surface area contributed by atoms with Crippen LogP contribution in [0.15, 0.2) is 43.0 Å². The number of halogens is 1.